The number of benzene rings is 1. The molecular weight excluding hydrogens is 268 g/mol. The summed E-state index contributed by atoms with van der Waals surface area (Å²) in [5.74, 6) is -1.48. The SMILES string of the molecule is C[C@@H](NC(=O)c1cccc(/C=C\CCCC#N)c1)C(=O)O. The van der Waals surface area contributed by atoms with E-state index >= 15 is 0 Å². The van der Waals surface area contributed by atoms with Crippen molar-refractivity contribution in [2.24, 2.45) is 0 Å². The maximum absolute atomic E-state index is 11.9. The highest BCUT2D eigenvalue weighted by molar-refractivity contribution is 5.96. The Morgan fingerprint density at radius 3 is 2.90 bits per heavy atom. The smallest absolute Gasteiger partial charge is 0.325 e. The minimum atomic E-state index is -1.07. The first-order valence-electron chi connectivity index (χ1n) is 6.72. The van der Waals surface area contributed by atoms with E-state index < -0.39 is 17.9 Å². The van der Waals surface area contributed by atoms with Gasteiger partial charge in [-0.15, -0.1) is 0 Å². The molecule has 1 aromatic rings. The summed E-state index contributed by atoms with van der Waals surface area (Å²) in [6, 6.07) is 8.09. The van der Waals surface area contributed by atoms with Crippen LogP contribution in [0, 0.1) is 11.3 Å². The number of unbranched alkanes of at least 4 members (excludes halogenated alkanes) is 2. The van der Waals surface area contributed by atoms with E-state index in [1.165, 1.54) is 6.92 Å². The number of carbonyl (C=O) groups is 2. The Morgan fingerprint density at radius 2 is 2.24 bits per heavy atom. The van der Waals surface area contributed by atoms with Gasteiger partial charge in [0.2, 0.25) is 0 Å². The molecule has 1 aromatic carbocycles. The molecule has 1 rings (SSSR count). The van der Waals surface area contributed by atoms with E-state index in [2.05, 4.69) is 11.4 Å². The molecule has 1 amide bonds. The molecule has 0 aromatic heterocycles. The number of amides is 1. The van der Waals surface area contributed by atoms with E-state index in [1.807, 2.05) is 18.2 Å². The highest BCUT2D eigenvalue weighted by atomic mass is 16.4. The van der Waals surface area contributed by atoms with E-state index in [0.717, 1.165) is 18.4 Å². The maximum atomic E-state index is 11.9. The lowest BCUT2D eigenvalue weighted by atomic mass is 10.1. The minimum absolute atomic E-state index is 0.412. The second-order valence-electron chi connectivity index (χ2n) is 4.61. The Bertz CT molecular complexity index is 573. The molecule has 0 aliphatic rings. The molecule has 0 saturated carbocycles. The molecule has 1 atom stereocenters. The summed E-state index contributed by atoms with van der Waals surface area (Å²) in [5.41, 5.74) is 1.28. The normalized spacial score (nSPS) is 11.8. The van der Waals surface area contributed by atoms with Gasteiger partial charge in [-0.3, -0.25) is 9.59 Å². The van der Waals surface area contributed by atoms with Gasteiger partial charge in [-0.05, 0) is 37.5 Å². The van der Waals surface area contributed by atoms with Crippen molar-refractivity contribution >= 4 is 18.0 Å². The standard InChI is InChI=1S/C16H18N2O3/c1-12(16(20)21)18-15(19)14-9-6-8-13(11-14)7-4-2-3-5-10-17/h4,6-9,11-12H,2-3,5H2,1H3,(H,18,19)(H,20,21)/b7-4-/t12-/m1/s1. The Kier molecular flexibility index (Phi) is 6.69. The summed E-state index contributed by atoms with van der Waals surface area (Å²) >= 11 is 0. The van der Waals surface area contributed by atoms with Gasteiger partial charge in [-0.2, -0.15) is 5.26 Å². The van der Waals surface area contributed by atoms with Gasteiger partial charge in [0.1, 0.15) is 6.04 Å². The average molecular weight is 286 g/mol. The molecule has 0 bridgehead atoms. The third-order valence-corrected chi connectivity index (χ3v) is 2.84. The van der Waals surface area contributed by atoms with E-state index in [-0.39, 0.29) is 0 Å². The second-order valence-corrected chi connectivity index (χ2v) is 4.61. The fraction of sp³-hybridized carbons (Fsp3) is 0.312. The number of carbonyl (C=O) groups excluding carboxylic acids is 1. The van der Waals surface area contributed by atoms with E-state index in [1.54, 1.807) is 18.2 Å². The fourth-order valence-corrected chi connectivity index (χ4v) is 1.64. The molecule has 0 aliphatic carbocycles. The number of carboxylic acids is 1. The monoisotopic (exact) mass is 286 g/mol. The Morgan fingerprint density at radius 1 is 1.48 bits per heavy atom. The summed E-state index contributed by atoms with van der Waals surface area (Å²) in [7, 11) is 0. The molecule has 0 saturated heterocycles. The number of aliphatic carboxylic acids is 1. The molecule has 0 heterocycles. The van der Waals surface area contributed by atoms with E-state index in [4.69, 9.17) is 10.4 Å². The largest absolute Gasteiger partial charge is 0.480 e. The molecule has 5 nitrogen and oxygen atoms in total. The molecule has 110 valence electrons. The van der Waals surface area contributed by atoms with Gasteiger partial charge in [0, 0.05) is 12.0 Å². The summed E-state index contributed by atoms with van der Waals surface area (Å²) in [6.45, 7) is 1.42. The molecule has 0 radical (unpaired) electrons. The Labute approximate surface area is 123 Å². The third-order valence-electron chi connectivity index (χ3n) is 2.84. The van der Waals surface area contributed by atoms with E-state index in [9.17, 15) is 9.59 Å². The van der Waals surface area contributed by atoms with Crippen molar-refractivity contribution in [3.8, 4) is 6.07 Å². The third kappa shape index (κ3) is 5.91. The molecule has 0 aliphatic heterocycles. The van der Waals surface area contributed by atoms with Gasteiger partial charge >= 0.3 is 5.97 Å². The van der Waals surface area contributed by atoms with Crippen molar-refractivity contribution in [1.82, 2.24) is 5.32 Å². The highest BCUT2D eigenvalue weighted by Crippen LogP contribution is 2.09. The molecular formula is C16H18N2O3. The zero-order chi connectivity index (χ0) is 15.7. The number of nitrogens with one attached hydrogen (secondary N) is 1. The molecule has 0 unspecified atom stereocenters. The first kappa shape index (κ1) is 16.4. The lowest BCUT2D eigenvalue weighted by Crippen LogP contribution is -2.38. The van der Waals surface area contributed by atoms with Crippen molar-refractivity contribution in [3.05, 3.63) is 41.5 Å². The summed E-state index contributed by atoms with van der Waals surface area (Å²) in [6.07, 6.45) is 5.98. The van der Waals surface area contributed by atoms with Crippen LogP contribution in [0.25, 0.3) is 6.08 Å². The second kappa shape index (κ2) is 8.54. The highest BCUT2D eigenvalue weighted by Gasteiger charge is 2.14. The van der Waals surface area contributed by atoms with Gasteiger partial charge in [0.25, 0.3) is 5.91 Å². The number of nitrogens with zero attached hydrogens (tertiary/aromatic N) is 1. The summed E-state index contributed by atoms with van der Waals surface area (Å²) in [5, 5.41) is 19.6. The lowest BCUT2D eigenvalue weighted by Gasteiger charge is -2.09. The summed E-state index contributed by atoms with van der Waals surface area (Å²) in [4.78, 5) is 22.6. The van der Waals surface area contributed by atoms with Gasteiger partial charge in [-0.25, -0.2) is 0 Å². The topological polar surface area (TPSA) is 90.2 Å². The number of nitriles is 1. The first-order chi connectivity index (χ1) is 10.0. The van der Waals surface area contributed by atoms with Gasteiger partial charge in [0.15, 0.2) is 0 Å². The predicted molar refractivity (Wildman–Crippen MR) is 79.5 cm³/mol. The quantitative estimate of drug-likeness (QED) is 0.754. The predicted octanol–water partition coefficient (Wildman–Crippen LogP) is 2.60. The Hall–Kier alpha value is -2.61. The number of hydrogen-bond acceptors (Lipinski definition) is 3. The fourth-order valence-electron chi connectivity index (χ4n) is 1.64. The van der Waals surface area contributed by atoms with Crippen molar-refractivity contribution in [3.63, 3.8) is 0 Å². The van der Waals surface area contributed by atoms with Crippen LogP contribution in [0.2, 0.25) is 0 Å². The molecule has 0 fully saturated rings. The van der Waals surface area contributed by atoms with Crippen LogP contribution in [0.1, 0.15) is 42.1 Å². The van der Waals surface area contributed by atoms with Crippen LogP contribution in [-0.2, 0) is 4.79 Å². The minimum Gasteiger partial charge on any atom is -0.480 e. The van der Waals surface area contributed by atoms with Crippen LogP contribution < -0.4 is 5.32 Å². The first-order valence-corrected chi connectivity index (χ1v) is 6.72. The number of hydrogen-bond donors (Lipinski definition) is 2. The molecule has 2 N–H and O–H groups in total. The van der Waals surface area contributed by atoms with Crippen LogP contribution in [0.4, 0.5) is 0 Å². The van der Waals surface area contributed by atoms with Crippen LogP contribution >= 0.6 is 0 Å². The average Bonchev–Trinajstić information content (AvgIpc) is 2.47. The lowest BCUT2D eigenvalue weighted by molar-refractivity contribution is -0.138. The van der Waals surface area contributed by atoms with Crippen molar-refractivity contribution in [2.45, 2.75) is 32.2 Å². The van der Waals surface area contributed by atoms with Crippen molar-refractivity contribution in [1.29, 1.82) is 5.26 Å². The molecule has 21 heavy (non-hydrogen) atoms. The van der Waals surface area contributed by atoms with Gasteiger partial charge in [-0.1, -0.05) is 24.3 Å². The zero-order valence-electron chi connectivity index (χ0n) is 11.9. The van der Waals surface area contributed by atoms with Crippen molar-refractivity contribution in [2.75, 3.05) is 0 Å². The summed E-state index contributed by atoms with van der Waals surface area (Å²) < 4.78 is 0. The maximum Gasteiger partial charge on any atom is 0.325 e. The zero-order valence-corrected chi connectivity index (χ0v) is 11.9. The number of rotatable bonds is 7. The van der Waals surface area contributed by atoms with Gasteiger partial charge in [0.05, 0.1) is 6.07 Å². The van der Waals surface area contributed by atoms with Crippen LogP contribution in [-0.4, -0.2) is 23.0 Å². The molecule has 5 heteroatoms. The van der Waals surface area contributed by atoms with E-state index in [0.29, 0.717) is 12.0 Å². The molecule has 0 spiro atoms. The van der Waals surface area contributed by atoms with Crippen LogP contribution in [0.15, 0.2) is 30.3 Å². The van der Waals surface area contributed by atoms with Crippen LogP contribution in [0.3, 0.4) is 0 Å². The number of allylic oxidation sites excluding steroid dienone is 1. The van der Waals surface area contributed by atoms with Gasteiger partial charge < -0.3 is 10.4 Å². The Balaban J connectivity index is 2.65. The van der Waals surface area contributed by atoms with Crippen molar-refractivity contribution < 1.29 is 14.7 Å². The number of carboxylic acid groups (broad SMARTS) is 1. The van der Waals surface area contributed by atoms with Crippen LogP contribution in [0.5, 0.6) is 0 Å².